The average molecular weight is 383 g/mol. The number of carbonyl (C=O) groups excluding carboxylic acids is 2. The Hall–Kier alpha value is -2.83. The summed E-state index contributed by atoms with van der Waals surface area (Å²) in [5.74, 6) is 0.133. The number of benzene rings is 1. The van der Waals surface area contributed by atoms with Crippen LogP contribution < -0.4 is 10.6 Å². The van der Waals surface area contributed by atoms with E-state index in [9.17, 15) is 9.59 Å². The van der Waals surface area contributed by atoms with Crippen LogP contribution in [0.1, 0.15) is 43.2 Å². The number of rotatable bonds is 7. The van der Waals surface area contributed by atoms with Crippen LogP contribution in [0.15, 0.2) is 42.7 Å². The third kappa shape index (κ3) is 6.40. The minimum Gasteiger partial charge on any atom is -0.343 e. The molecule has 0 saturated carbocycles. The Balaban J connectivity index is 1.36. The SMILES string of the molecule is O=C(NCCC(=O)N1CCCCCC1)NCc1cccc(Cn2cccn2)c1. The molecular weight excluding hydrogens is 354 g/mol. The van der Waals surface area contributed by atoms with E-state index in [0.29, 0.717) is 26.1 Å². The zero-order valence-corrected chi connectivity index (χ0v) is 16.3. The number of hydrogen-bond acceptors (Lipinski definition) is 3. The van der Waals surface area contributed by atoms with E-state index < -0.39 is 0 Å². The van der Waals surface area contributed by atoms with E-state index in [1.807, 2.05) is 40.0 Å². The Morgan fingerprint density at radius 1 is 1.00 bits per heavy atom. The van der Waals surface area contributed by atoms with Crippen LogP contribution in [0.3, 0.4) is 0 Å². The van der Waals surface area contributed by atoms with Gasteiger partial charge in [-0.15, -0.1) is 0 Å². The molecular formula is C21H29N5O2. The number of likely N-dealkylation sites (tertiary alicyclic amines) is 1. The van der Waals surface area contributed by atoms with E-state index in [0.717, 1.165) is 37.1 Å². The number of carbonyl (C=O) groups is 2. The number of nitrogens with one attached hydrogen (secondary N) is 2. The molecule has 0 unspecified atom stereocenters. The van der Waals surface area contributed by atoms with Crippen molar-refractivity contribution in [1.82, 2.24) is 25.3 Å². The lowest BCUT2D eigenvalue weighted by Gasteiger charge is -2.20. The van der Waals surface area contributed by atoms with Gasteiger partial charge in [0.25, 0.3) is 0 Å². The smallest absolute Gasteiger partial charge is 0.315 e. The molecule has 1 aliphatic heterocycles. The van der Waals surface area contributed by atoms with Crippen molar-refractivity contribution in [3.63, 3.8) is 0 Å². The van der Waals surface area contributed by atoms with Gasteiger partial charge >= 0.3 is 6.03 Å². The Morgan fingerprint density at radius 2 is 1.79 bits per heavy atom. The first kappa shape index (κ1) is 19.9. The first-order chi connectivity index (χ1) is 13.7. The summed E-state index contributed by atoms with van der Waals surface area (Å²) in [6.45, 7) is 3.20. The fraction of sp³-hybridized carbons (Fsp3) is 0.476. The highest BCUT2D eigenvalue weighted by Crippen LogP contribution is 2.10. The molecule has 7 heteroatoms. The number of aromatic nitrogens is 2. The van der Waals surface area contributed by atoms with Crippen LogP contribution in [-0.4, -0.2) is 46.3 Å². The predicted molar refractivity (Wildman–Crippen MR) is 108 cm³/mol. The molecule has 0 bridgehead atoms. The van der Waals surface area contributed by atoms with Crippen LogP contribution in [0.5, 0.6) is 0 Å². The summed E-state index contributed by atoms with van der Waals surface area (Å²) in [4.78, 5) is 26.2. The van der Waals surface area contributed by atoms with Gasteiger partial charge in [0.05, 0.1) is 6.54 Å². The molecule has 28 heavy (non-hydrogen) atoms. The summed E-state index contributed by atoms with van der Waals surface area (Å²) in [6.07, 6.45) is 8.60. The minimum absolute atomic E-state index is 0.133. The van der Waals surface area contributed by atoms with Gasteiger partial charge < -0.3 is 15.5 Å². The molecule has 2 aromatic rings. The molecule has 0 radical (unpaired) electrons. The second kappa shape index (κ2) is 10.5. The fourth-order valence-electron chi connectivity index (χ4n) is 3.43. The molecule has 3 amide bonds. The fourth-order valence-corrected chi connectivity index (χ4v) is 3.43. The maximum absolute atomic E-state index is 12.2. The highest BCUT2D eigenvalue weighted by Gasteiger charge is 2.15. The van der Waals surface area contributed by atoms with E-state index in [4.69, 9.17) is 0 Å². The van der Waals surface area contributed by atoms with Crippen molar-refractivity contribution in [2.24, 2.45) is 0 Å². The minimum atomic E-state index is -0.249. The first-order valence-corrected chi connectivity index (χ1v) is 10.1. The average Bonchev–Trinajstić information content (AvgIpc) is 3.05. The summed E-state index contributed by atoms with van der Waals surface area (Å²) in [5, 5.41) is 9.84. The number of amides is 3. The molecule has 1 fully saturated rings. The van der Waals surface area contributed by atoms with Gasteiger partial charge in [-0.1, -0.05) is 37.1 Å². The molecule has 1 saturated heterocycles. The van der Waals surface area contributed by atoms with Gasteiger partial charge in [-0.3, -0.25) is 9.48 Å². The third-order valence-electron chi connectivity index (χ3n) is 4.93. The van der Waals surface area contributed by atoms with Crippen molar-refractivity contribution in [2.75, 3.05) is 19.6 Å². The molecule has 0 spiro atoms. The Kier molecular flexibility index (Phi) is 7.46. The number of nitrogens with zero attached hydrogens (tertiary/aromatic N) is 3. The number of hydrogen-bond donors (Lipinski definition) is 2. The lowest BCUT2D eigenvalue weighted by atomic mass is 10.1. The maximum atomic E-state index is 12.2. The van der Waals surface area contributed by atoms with Gasteiger partial charge in [-0.2, -0.15) is 5.10 Å². The van der Waals surface area contributed by atoms with Gasteiger partial charge in [0.2, 0.25) is 5.91 Å². The number of urea groups is 1. The molecule has 150 valence electrons. The van der Waals surface area contributed by atoms with Crippen LogP contribution in [0, 0.1) is 0 Å². The second-order valence-corrected chi connectivity index (χ2v) is 7.18. The van der Waals surface area contributed by atoms with Crippen molar-refractivity contribution >= 4 is 11.9 Å². The molecule has 0 atom stereocenters. The van der Waals surface area contributed by atoms with Gasteiger partial charge in [-0.25, -0.2) is 4.79 Å². The van der Waals surface area contributed by atoms with Crippen LogP contribution >= 0.6 is 0 Å². The topological polar surface area (TPSA) is 79.3 Å². The van der Waals surface area contributed by atoms with Crippen molar-refractivity contribution in [3.8, 4) is 0 Å². The predicted octanol–water partition coefficient (Wildman–Crippen LogP) is 2.52. The highest BCUT2D eigenvalue weighted by molar-refractivity contribution is 5.78. The standard InChI is InChI=1S/C21H29N5O2/c27-20(25-12-3-1-2-4-13-25)9-11-22-21(28)23-16-18-7-5-8-19(15-18)17-26-14-6-10-24-26/h5-8,10,14-15H,1-4,9,11-13,16-17H2,(H2,22,23,28). The Labute approximate surface area is 166 Å². The Bertz CT molecular complexity index is 752. The summed E-state index contributed by atoms with van der Waals surface area (Å²) in [5.41, 5.74) is 2.16. The zero-order valence-electron chi connectivity index (χ0n) is 16.3. The van der Waals surface area contributed by atoms with Crippen molar-refractivity contribution < 1.29 is 9.59 Å². The molecule has 7 nitrogen and oxygen atoms in total. The highest BCUT2D eigenvalue weighted by atomic mass is 16.2. The summed E-state index contributed by atoms with van der Waals surface area (Å²) in [7, 11) is 0. The second-order valence-electron chi connectivity index (χ2n) is 7.18. The van der Waals surface area contributed by atoms with E-state index in [-0.39, 0.29) is 11.9 Å². The van der Waals surface area contributed by atoms with Gasteiger partial charge in [-0.05, 0) is 30.0 Å². The molecule has 1 aromatic carbocycles. The van der Waals surface area contributed by atoms with Crippen molar-refractivity contribution in [1.29, 1.82) is 0 Å². The quantitative estimate of drug-likeness (QED) is 0.771. The monoisotopic (exact) mass is 383 g/mol. The Morgan fingerprint density at radius 3 is 2.54 bits per heavy atom. The lowest BCUT2D eigenvalue weighted by molar-refractivity contribution is -0.131. The largest absolute Gasteiger partial charge is 0.343 e. The van der Waals surface area contributed by atoms with Crippen LogP contribution in [0.2, 0.25) is 0 Å². The molecule has 1 aliphatic rings. The maximum Gasteiger partial charge on any atom is 0.315 e. The molecule has 2 heterocycles. The first-order valence-electron chi connectivity index (χ1n) is 10.1. The van der Waals surface area contributed by atoms with E-state index in [1.165, 1.54) is 12.8 Å². The summed E-state index contributed by atoms with van der Waals surface area (Å²) < 4.78 is 1.86. The van der Waals surface area contributed by atoms with Gasteiger partial charge in [0, 0.05) is 45.0 Å². The molecule has 3 rings (SSSR count). The van der Waals surface area contributed by atoms with Crippen LogP contribution in [0.25, 0.3) is 0 Å². The normalized spacial score (nSPS) is 14.4. The van der Waals surface area contributed by atoms with E-state index >= 15 is 0 Å². The lowest BCUT2D eigenvalue weighted by Crippen LogP contribution is -2.38. The zero-order chi connectivity index (χ0) is 19.6. The van der Waals surface area contributed by atoms with Crippen LogP contribution in [-0.2, 0) is 17.9 Å². The molecule has 1 aromatic heterocycles. The van der Waals surface area contributed by atoms with Crippen molar-refractivity contribution in [2.45, 2.75) is 45.2 Å². The summed E-state index contributed by atoms with van der Waals surface area (Å²) in [6, 6.07) is 9.71. The van der Waals surface area contributed by atoms with Gasteiger partial charge in [0.1, 0.15) is 0 Å². The van der Waals surface area contributed by atoms with Crippen molar-refractivity contribution in [3.05, 3.63) is 53.9 Å². The van der Waals surface area contributed by atoms with Gasteiger partial charge in [0.15, 0.2) is 0 Å². The third-order valence-corrected chi connectivity index (χ3v) is 4.93. The molecule has 0 aliphatic carbocycles. The molecule has 2 N–H and O–H groups in total. The van der Waals surface area contributed by atoms with E-state index in [2.05, 4.69) is 21.8 Å². The summed E-state index contributed by atoms with van der Waals surface area (Å²) >= 11 is 0. The van der Waals surface area contributed by atoms with Crippen LogP contribution in [0.4, 0.5) is 4.79 Å². The van der Waals surface area contributed by atoms with E-state index in [1.54, 1.807) is 6.20 Å².